The maximum absolute atomic E-state index is 12.2. The second-order valence-corrected chi connectivity index (χ2v) is 8.36. The molecule has 0 unspecified atom stereocenters. The summed E-state index contributed by atoms with van der Waals surface area (Å²) in [6, 6.07) is 15.5. The van der Waals surface area contributed by atoms with E-state index in [1.54, 1.807) is 0 Å². The number of aryl methyl sites for hydroxylation is 1. The normalized spacial score (nSPS) is 11.9. The van der Waals surface area contributed by atoms with E-state index in [0.717, 1.165) is 22.3 Å². The molecule has 1 atom stereocenters. The number of rotatable bonds is 8. The van der Waals surface area contributed by atoms with Crippen LogP contribution in [0.25, 0.3) is 0 Å². The van der Waals surface area contributed by atoms with Gasteiger partial charge < -0.3 is 14.6 Å². The van der Waals surface area contributed by atoms with Gasteiger partial charge in [0.1, 0.15) is 5.75 Å². The zero-order valence-electron chi connectivity index (χ0n) is 16.6. The first kappa shape index (κ1) is 21.4. The number of carbonyl (C=O) groups excluding carboxylic acids is 1. The summed E-state index contributed by atoms with van der Waals surface area (Å²) >= 11 is 4.72. The molecule has 0 bridgehead atoms. The van der Waals surface area contributed by atoms with E-state index < -0.39 is 0 Å². The molecule has 8 heteroatoms. The Morgan fingerprint density at radius 3 is 2.52 bits per heavy atom. The van der Waals surface area contributed by atoms with Gasteiger partial charge >= 0.3 is 0 Å². The average molecular weight is 475 g/mol. The molecule has 0 aliphatic carbocycles. The van der Waals surface area contributed by atoms with Gasteiger partial charge in [-0.25, -0.2) is 0 Å². The molecule has 2 aromatic carbocycles. The van der Waals surface area contributed by atoms with Gasteiger partial charge in [-0.15, -0.1) is 10.2 Å². The van der Waals surface area contributed by atoms with Crippen LogP contribution in [0.4, 0.5) is 5.69 Å². The van der Waals surface area contributed by atoms with Crippen LogP contribution < -0.4 is 10.1 Å². The van der Waals surface area contributed by atoms with Gasteiger partial charge in [-0.3, -0.25) is 4.79 Å². The van der Waals surface area contributed by atoms with Gasteiger partial charge in [-0.05, 0) is 55.3 Å². The Bertz CT molecular complexity index is 958. The minimum Gasteiger partial charge on any atom is -0.483 e. The zero-order chi connectivity index (χ0) is 20.8. The fourth-order valence-corrected chi connectivity index (χ4v) is 3.71. The van der Waals surface area contributed by atoms with E-state index in [1.165, 1.54) is 17.3 Å². The third kappa shape index (κ3) is 5.83. The van der Waals surface area contributed by atoms with E-state index in [-0.39, 0.29) is 17.8 Å². The molecule has 0 radical (unpaired) electrons. The predicted molar refractivity (Wildman–Crippen MR) is 119 cm³/mol. The number of nitrogens with zero attached hydrogens (tertiary/aromatic N) is 3. The van der Waals surface area contributed by atoms with Crippen LogP contribution in [0.15, 0.2) is 58.2 Å². The molecule has 1 aromatic heterocycles. The molecule has 0 saturated carbocycles. The largest absolute Gasteiger partial charge is 0.483 e. The van der Waals surface area contributed by atoms with Gasteiger partial charge in [-0.2, -0.15) is 0 Å². The Morgan fingerprint density at radius 2 is 1.86 bits per heavy atom. The molecule has 1 amide bonds. The molecule has 6 nitrogen and oxygen atoms in total. The number of ether oxygens (including phenoxy) is 1. The van der Waals surface area contributed by atoms with Crippen molar-refractivity contribution in [2.45, 2.75) is 31.5 Å². The van der Waals surface area contributed by atoms with Crippen LogP contribution >= 0.6 is 27.7 Å². The fraction of sp³-hybridized carbons (Fsp3) is 0.286. The van der Waals surface area contributed by atoms with Crippen molar-refractivity contribution in [3.63, 3.8) is 0 Å². The maximum Gasteiger partial charge on any atom is 0.234 e. The van der Waals surface area contributed by atoms with Crippen molar-refractivity contribution in [2.75, 3.05) is 11.1 Å². The number of anilines is 1. The lowest BCUT2D eigenvalue weighted by Gasteiger charge is -2.14. The molecule has 0 aliphatic heterocycles. The molecule has 0 aliphatic rings. The minimum absolute atomic E-state index is 0.0952. The van der Waals surface area contributed by atoms with Crippen LogP contribution in [0, 0.1) is 0 Å². The number of halogens is 1. The number of nitrogens with one attached hydrogen (secondary N) is 1. The molecule has 1 heterocycles. The molecule has 0 saturated heterocycles. The van der Waals surface area contributed by atoms with Crippen molar-refractivity contribution in [3.8, 4) is 5.75 Å². The van der Waals surface area contributed by atoms with Crippen LogP contribution in [0.2, 0.25) is 0 Å². The van der Waals surface area contributed by atoms with E-state index in [1.807, 2.05) is 54.9 Å². The van der Waals surface area contributed by atoms with E-state index in [9.17, 15) is 4.79 Å². The number of amides is 1. The molecule has 152 valence electrons. The number of hydrogen-bond donors (Lipinski definition) is 1. The number of benzene rings is 2. The summed E-state index contributed by atoms with van der Waals surface area (Å²) in [5.41, 5.74) is 2.03. The topological polar surface area (TPSA) is 69.0 Å². The highest BCUT2D eigenvalue weighted by molar-refractivity contribution is 9.10. The Balaban J connectivity index is 1.56. The van der Waals surface area contributed by atoms with Crippen LogP contribution in [0.5, 0.6) is 5.75 Å². The Kier molecular flexibility index (Phi) is 7.33. The van der Waals surface area contributed by atoms with Gasteiger partial charge in [0.25, 0.3) is 0 Å². The van der Waals surface area contributed by atoms with Gasteiger partial charge in [0.05, 0.1) is 5.75 Å². The highest BCUT2D eigenvalue weighted by Crippen LogP contribution is 2.24. The van der Waals surface area contributed by atoms with E-state index in [4.69, 9.17) is 4.74 Å². The Morgan fingerprint density at radius 1 is 1.17 bits per heavy atom. The molecule has 0 spiro atoms. The van der Waals surface area contributed by atoms with Gasteiger partial charge in [-0.1, -0.05) is 46.7 Å². The summed E-state index contributed by atoms with van der Waals surface area (Å²) in [5, 5.41) is 12.0. The minimum atomic E-state index is -0.258. The lowest BCUT2D eigenvalue weighted by atomic mass is 10.2. The van der Waals surface area contributed by atoms with Crippen molar-refractivity contribution in [1.29, 1.82) is 0 Å². The molecule has 1 N–H and O–H groups in total. The van der Waals surface area contributed by atoms with Crippen molar-refractivity contribution in [3.05, 3.63) is 64.4 Å². The highest BCUT2D eigenvalue weighted by atomic mass is 79.9. The van der Waals surface area contributed by atoms with Gasteiger partial charge in [0, 0.05) is 17.2 Å². The maximum atomic E-state index is 12.2. The summed E-state index contributed by atoms with van der Waals surface area (Å²) in [4.78, 5) is 12.2. The molecule has 0 fully saturated rings. The number of hydrogen-bond acceptors (Lipinski definition) is 5. The van der Waals surface area contributed by atoms with Gasteiger partial charge in [0.2, 0.25) is 5.91 Å². The van der Waals surface area contributed by atoms with Crippen molar-refractivity contribution >= 4 is 39.3 Å². The molecular formula is C21H23BrN4O2S. The van der Waals surface area contributed by atoms with Crippen molar-refractivity contribution in [2.24, 2.45) is 7.05 Å². The lowest BCUT2D eigenvalue weighted by Crippen LogP contribution is -2.14. The molecular weight excluding hydrogens is 452 g/mol. The third-order valence-electron chi connectivity index (χ3n) is 4.34. The highest BCUT2D eigenvalue weighted by Gasteiger charge is 2.18. The standard InChI is InChI=1S/C21H23BrN4O2S/c1-4-15-5-11-18(12-6-15)28-14(2)20-24-25-21(26(20)3)29-13-19(27)23-17-9-7-16(22)8-10-17/h5-12,14H,4,13H2,1-3H3,(H,23,27)/t14-/m0/s1. The first-order valence-electron chi connectivity index (χ1n) is 9.29. The summed E-state index contributed by atoms with van der Waals surface area (Å²) in [7, 11) is 1.88. The van der Waals surface area contributed by atoms with E-state index >= 15 is 0 Å². The number of aromatic nitrogens is 3. The quantitative estimate of drug-likeness (QED) is 0.464. The second kappa shape index (κ2) is 9.93. The predicted octanol–water partition coefficient (Wildman–Crippen LogP) is 5.01. The molecule has 29 heavy (non-hydrogen) atoms. The fourth-order valence-electron chi connectivity index (χ4n) is 2.73. The smallest absolute Gasteiger partial charge is 0.234 e. The summed E-state index contributed by atoms with van der Waals surface area (Å²) in [5.74, 6) is 1.65. The van der Waals surface area contributed by atoms with E-state index in [2.05, 4.69) is 50.5 Å². The summed E-state index contributed by atoms with van der Waals surface area (Å²) in [6.07, 6.45) is 0.737. The van der Waals surface area contributed by atoms with Crippen LogP contribution in [0.3, 0.4) is 0 Å². The van der Waals surface area contributed by atoms with Crippen LogP contribution in [0.1, 0.15) is 31.3 Å². The average Bonchev–Trinajstić information content (AvgIpc) is 3.09. The second-order valence-electron chi connectivity index (χ2n) is 6.50. The van der Waals surface area contributed by atoms with Crippen molar-refractivity contribution < 1.29 is 9.53 Å². The van der Waals surface area contributed by atoms with Crippen molar-refractivity contribution in [1.82, 2.24) is 14.8 Å². The third-order valence-corrected chi connectivity index (χ3v) is 5.89. The number of thioether (sulfide) groups is 1. The molecule has 3 rings (SSSR count). The Labute approximate surface area is 183 Å². The van der Waals surface area contributed by atoms with E-state index in [0.29, 0.717) is 11.0 Å². The lowest BCUT2D eigenvalue weighted by molar-refractivity contribution is -0.113. The zero-order valence-corrected chi connectivity index (χ0v) is 19.0. The number of carbonyl (C=O) groups is 1. The summed E-state index contributed by atoms with van der Waals surface area (Å²) in [6.45, 7) is 4.06. The summed E-state index contributed by atoms with van der Waals surface area (Å²) < 4.78 is 8.82. The first-order chi connectivity index (χ1) is 14.0. The SMILES string of the molecule is CCc1ccc(O[C@@H](C)c2nnc(SCC(=O)Nc3ccc(Br)cc3)n2C)cc1. The van der Waals surface area contributed by atoms with Gasteiger partial charge in [0.15, 0.2) is 17.1 Å². The first-order valence-corrected chi connectivity index (χ1v) is 11.1. The van der Waals surface area contributed by atoms with Crippen LogP contribution in [-0.4, -0.2) is 26.4 Å². The Hall–Kier alpha value is -2.32. The monoisotopic (exact) mass is 474 g/mol. The van der Waals surface area contributed by atoms with Crippen LogP contribution in [-0.2, 0) is 18.3 Å². The molecule has 3 aromatic rings.